The monoisotopic (exact) mass is 254 g/mol. The van der Waals surface area contributed by atoms with Crippen LogP contribution in [0.15, 0.2) is 59.8 Å². The summed E-state index contributed by atoms with van der Waals surface area (Å²) in [6, 6.07) is 15.0. The molecule has 0 saturated carbocycles. The standard InChI is InChI=1S/C15H14N2O2/c16-13-8-6-11(7-9-13)14(17-19)10-15(18)12-4-2-1-3-5-12/h1-9,14H,10,16H2. The Labute approximate surface area is 111 Å². The second-order valence-electron chi connectivity index (χ2n) is 4.28. The summed E-state index contributed by atoms with van der Waals surface area (Å²) < 4.78 is 0. The number of hydrogen-bond acceptors (Lipinski definition) is 4. The summed E-state index contributed by atoms with van der Waals surface area (Å²) in [6.45, 7) is 0. The number of ketones is 1. The van der Waals surface area contributed by atoms with Crippen LogP contribution in [0.2, 0.25) is 0 Å². The second kappa shape index (κ2) is 5.91. The molecular weight excluding hydrogens is 240 g/mol. The van der Waals surface area contributed by atoms with Crippen LogP contribution in [0.1, 0.15) is 28.4 Å². The van der Waals surface area contributed by atoms with Crippen LogP contribution in [0.3, 0.4) is 0 Å². The van der Waals surface area contributed by atoms with E-state index in [9.17, 15) is 9.70 Å². The zero-order valence-electron chi connectivity index (χ0n) is 10.3. The molecule has 0 spiro atoms. The lowest BCUT2D eigenvalue weighted by Crippen LogP contribution is -2.05. The molecule has 0 heterocycles. The fourth-order valence-electron chi connectivity index (χ4n) is 1.85. The minimum Gasteiger partial charge on any atom is -0.399 e. The SMILES string of the molecule is Nc1ccc(C(CC(=O)c2ccccc2)N=O)cc1. The number of carbonyl (C=O) groups excluding carboxylic acids is 1. The maximum atomic E-state index is 12.0. The summed E-state index contributed by atoms with van der Waals surface area (Å²) in [5, 5.41) is 3.04. The van der Waals surface area contributed by atoms with Crippen LogP contribution in [-0.2, 0) is 0 Å². The van der Waals surface area contributed by atoms with Crippen molar-refractivity contribution in [3.63, 3.8) is 0 Å². The minimum atomic E-state index is -0.673. The van der Waals surface area contributed by atoms with Gasteiger partial charge >= 0.3 is 0 Å². The average molecular weight is 254 g/mol. The second-order valence-corrected chi connectivity index (χ2v) is 4.28. The normalized spacial score (nSPS) is 11.8. The molecule has 2 N–H and O–H groups in total. The quantitative estimate of drug-likeness (QED) is 0.505. The molecule has 2 rings (SSSR count). The van der Waals surface area contributed by atoms with E-state index in [0.717, 1.165) is 0 Å². The van der Waals surface area contributed by atoms with Gasteiger partial charge in [-0.15, -0.1) is 0 Å². The molecule has 0 aromatic heterocycles. The molecule has 4 nitrogen and oxygen atoms in total. The molecule has 0 aliphatic rings. The van der Waals surface area contributed by atoms with Crippen molar-refractivity contribution in [2.45, 2.75) is 12.5 Å². The Morgan fingerprint density at radius 3 is 2.26 bits per heavy atom. The number of nitroso groups, excluding NO2 is 1. The van der Waals surface area contributed by atoms with Crippen molar-refractivity contribution in [2.75, 3.05) is 5.73 Å². The third kappa shape index (κ3) is 3.25. The first kappa shape index (κ1) is 13.0. The molecule has 0 aliphatic carbocycles. The van der Waals surface area contributed by atoms with Crippen LogP contribution >= 0.6 is 0 Å². The van der Waals surface area contributed by atoms with Gasteiger partial charge in [-0.2, -0.15) is 4.91 Å². The molecule has 19 heavy (non-hydrogen) atoms. The summed E-state index contributed by atoms with van der Waals surface area (Å²) in [6.07, 6.45) is 0.0669. The van der Waals surface area contributed by atoms with Gasteiger partial charge in [-0.05, 0) is 17.7 Å². The van der Waals surface area contributed by atoms with E-state index in [1.165, 1.54) is 0 Å². The summed E-state index contributed by atoms with van der Waals surface area (Å²) >= 11 is 0. The van der Waals surface area contributed by atoms with Crippen molar-refractivity contribution in [2.24, 2.45) is 5.18 Å². The van der Waals surface area contributed by atoms with E-state index in [1.807, 2.05) is 6.07 Å². The number of rotatable bonds is 5. The zero-order chi connectivity index (χ0) is 13.7. The fourth-order valence-corrected chi connectivity index (χ4v) is 1.85. The Morgan fingerprint density at radius 1 is 1.05 bits per heavy atom. The van der Waals surface area contributed by atoms with Gasteiger partial charge < -0.3 is 5.73 Å². The van der Waals surface area contributed by atoms with Gasteiger partial charge in [-0.3, -0.25) is 4.79 Å². The highest BCUT2D eigenvalue weighted by Gasteiger charge is 2.17. The van der Waals surface area contributed by atoms with Crippen molar-refractivity contribution < 1.29 is 4.79 Å². The van der Waals surface area contributed by atoms with Gasteiger partial charge in [0.2, 0.25) is 0 Å². The third-order valence-electron chi connectivity index (χ3n) is 2.92. The van der Waals surface area contributed by atoms with Gasteiger partial charge in [-0.25, -0.2) is 0 Å². The highest BCUT2D eigenvalue weighted by Crippen LogP contribution is 2.23. The first-order valence-corrected chi connectivity index (χ1v) is 5.97. The van der Waals surface area contributed by atoms with E-state index in [2.05, 4.69) is 5.18 Å². The largest absolute Gasteiger partial charge is 0.399 e. The number of nitrogen functional groups attached to an aromatic ring is 1. The highest BCUT2D eigenvalue weighted by molar-refractivity contribution is 5.96. The third-order valence-corrected chi connectivity index (χ3v) is 2.92. The van der Waals surface area contributed by atoms with Crippen LogP contribution in [-0.4, -0.2) is 5.78 Å². The van der Waals surface area contributed by atoms with Crippen molar-refractivity contribution in [3.05, 3.63) is 70.6 Å². The lowest BCUT2D eigenvalue weighted by atomic mass is 9.98. The Morgan fingerprint density at radius 2 is 1.68 bits per heavy atom. The van der Waals surface area contributed by atoms with Crippen molar-refractivity contribution in [3.8, 4) is 0 Å². The number of Topliss-reactive ketones (excluding diaryl/α,β-unsaturated/α-hetero) is 1. The van der Waals surface area contributed by atoms with Gasteiger partial charge in [0.15, 0.2) is 5.78 Å². The van der Waals surface area contributed by atoms with E-state index in [4.69, 9.17) is 5.73 Å². The topological polar surface area (TPSA) is 72.5 Å². The van der Waals surface area contributed by atoms with E-state index in [0.29, 0.717) is 16.8 Å². The van der Waals surface area contributed by atoms with Crippen LogP contribution in [0.4, 0.5) is 5.69 Å². The number of hydrogen-bond donors (Lipinski definition) is 1. The molecule has 0 bridgehead atoms. The van der Waals surface area contributed by atoms with Crippen LogP contribution in [0.5, 0.6) is 0 Å². The molecule has 1 atom stereocenters. The summed E-state index contributed by atoms with van der Waals surface area (Å²) in [5.74, 6) is -0.0953. The minimum absolute atomic E-state index is 0.0669. The van der Waals surface area contributed by atoms with Gasteiger partial charge in [0.05, 0.1) is 0 Å². The number of nitrogens with zero attached hydrogens (tertiary/aromatic N) is 1. The molecule has 0 radical (unpaired) electrons. The molecule has 0 aliphatic heterocycles. The van der Waals surface area contributed by atoms with E-state index >= 15 is 0 Å². The number of anilines is 1. The average Bonchev–Trinajstić information content (AvgIpc) is 2.46. The number of carbonyl (C=O) groups is 1. The van der Waals surface area contributed by atoms with Crippen molar-refractivity contribution in [1.82, 2.24) is 0 Å². The molecule has 4 heteroatoms. The number of nitrogens with two attached hydrogens (primary N) is 1. The van der Waals surface area contributed by atoms with Gasteiger partial charge in [0, 0.05) is 17.7 Å². The van der Waals surface area contributed by atoms with Crippen LogP contribution < -0.4 is 5.73 Å². The fraction of sp³-hybridized carbons (Fsp3) is 0.133. The molecule has 0 saturated heterocycles. The Balaban J connectivity index is 2.14. The molecule has 0 fully saturated rings. The first-order valence-electron chi connectivity index (χ1n) is 5.97. The Hall–Kier alpha value is -2.49. The first-order chi connectivity index (χ1) is 9.20. The van der Waals surface area contributed by atoms with Gasteiger partial charge in [0.25, 0.3) is 0 Å². The Kier molecular flexibility index (Phi) is 4.03. The predicted molar refractivity (Wildman–Crippen MR) is 74.8 cm³/mol. The molecule has 96 valence electrons. The van der Waals surface area contributed by atoms with E-state index in [1.54, 1.807) is 48.5 Å². The lowest BCUT2D eigenvalue weighted by molar-refractivity contribution is 0.0974. The van der Waals surface area contributed by atoms with E-state index < -0.39 is 6.04 Å². The molecule has 1 unspecified atom stereocenters. The van der Waals surface area contributed by atoms with Crippen LogP contribution in [0, 0.1) is 4.91 Å². The number of benzene rings is 2. The molecule has 2 aromatic rings. The maximum absolute atomic E-state index is 12.0. The Bertz CT molecular complexity index is 564. The van der Waals surface area contributed by atoms with Crippen molar-refractivity contribution in [1.29, 1.82) is 0 Å². The van der Waals surface area contributed by atoms with E-state index in [-0.39, 0.29) is 12.2 Å². The van der Waals surface area contributed by atoms with Gasteiger partial charge in [-0.1, -0.05) is 47.6 Å². The van der Waals surface area contributed by atoms with Crippen molar-refractivity contribution >= 4 is 11.5 Å². The van der Waals surface area contributed by atoms with Gasteiger partial charge in [0.1, 0.15) is 6.04 Å². The summed E-state index contributed by atoms with van der Waals surface area (Å²) in [5.41, 5.74) is 7.49. The van der Waals surface area contributed by atoms with Crippen LogP contribution in [0.25, 0.3) is 0 Å². The zero-order valence-corrected chi connectivity index (χ0v) is 10.3. The molecular formula is C15H14N2O2. The predicted octanol–water partition coefficient (Wildman–Crippen LogP) is 3.35. The summed E-state index contributed by atoms with van der Waals surface area (Å²) in [7, 11) is 0. The smallest absolute Gasteiger partial charge is 0.165 e. The summed E-state index contributed by atoms with van der Waals surface area (Å²) in [4.78, 5) is 23.0. The highest BCUT2D eigenvalue weighted by atomic mass is 16.3. The molecule has 0 amide bonds. The lowest BCUT2D eigenvalue weighted by Gasteiger charge is -2.09. The maximum Gasteiger partial charge on any atom is 0.165 e. The molecule has 2 aromatic carbocycles.